The van der Waals surface area contributed by atoms with Crippen molar-refractivity contribution in [3.05, 3.63) is 194 Å². The van der Waals surface area contributed by atoms with Crippen molar-refractivity contribution in [2.45, 2.75) is 303 Å². The van der Waals surface area contributed by atoms with Gasteiger partial charge in [0.05, 0.1) is 26.4 Å². The van der Waals surface area contributed by atoms with Gasteiger partial charge in [-0.15, -0.1) is 0 Å². The summed E-state index contributed by atoms with van der Waals surface area (Å²) in [7, 11) is -10.0. The molecular formula is C89H142O17P2. The summed E-state index contributed by atoms with van der Waals surface area (Å²) >= 11 is 0. The Kier molecular flexibility index (Phi) is 74.5. The zero-order chi connectivity index (χ0) is 78.9. The van der Waals surface area contributed by atoms with E-state index in [-0.39, 0.29) is 25.7 Å². The van der Waals surface area contributed by atoms with Crippen LogP contribution in [0.3, 0.4) is 0 Å². The lowest BCUT2D eigenvalue weighted by Crippen LogP contribution is -2.30. The van der Waals surface area contributed by atoms with Crippen LogP contribution in [0.2, 0.25) is 0 Å². The molecule has 0 spiro atoms. The Morgan fingerprint density at radius 2 is 0.500 bits per heavy atom. The van der Waals surface area contributed by atoms with Gasteiger partial charge in [-0.2, -0.15) is 0 Å². The Balaban J connectivity index is 5.48. The molecule has 0 saturated heterocycles. The van der Waals surface area contributed by atoms with Crippen LogP contribution in [0.25, 0.3) is 0 Å². The van der Waals surface area contributed by atoms with E-state index in [9.17, 15) is 43.2 Å². The molecule has 0 amide bonds. The summed E-state index contributed by atoms with van der Waals surface area (Å²) in [4.78, 5) is 73.1. The summed E-state index contributed by atoms with van der Waals surface area (Å²) in [5.74, 6) is -2.35. The van der Waals surface area contributed by atoms with Gasteiger partial charge in [0.15, 0.2) is 12.2 Å². The van der Waals surface area contributed by atoms with Gasteiger partial charge in [0.2, 0.25) is 0 Å². The summed E-state index contributed by atoms with van der Waals surface area (Å²) < 4.78 is 68.6. The highest BCUT2D eigenvalue weighted by Gasteiger charge is 2.30. The fourth-order valence-corrected chi connectivity index (χ4v) is 11.5. The second-order valence-corrected chi connectivity index (χ2v) is 29.1. The number of hydrogen-bond donors (Lipinski definition) is 3. The summed E-state index contributed by atoms with van der Waals surface area (Å²) in [5, 5.41) is 10.7. The van der Waals surface area contributed by atoms with E-state index in [0.717, 1.165) is 199 Å². The molecule has 0 rings (SSSR count). The predicted molar refractivity (Wildman–Crippen MR) is 445 cm³/mol. The third-order valence-electron chi connectivity index (χ3n) is 16.0. The minimum atomic E-state index is -5.01. The van der Waals surface area contributed by atoms with Crippen molar-refractivity contribution in [1.82, 2.24) is 0 Å². The minimum absolute atomic E-state index is 0.0255. The number of aliphatic hydroxyl groups is 1. The van der Waals surface area contributed by atoms with Crippen LogP contribution in [-0.2, 0) is 65.4 Å². The molecule has 0 aliphatic rings. The number of unbranched alkanes of at least 4 members (excludes halogenated alkanes) is 16. The van der Waals surface area contributed by atoms with Gasteiger partial charge in [0.25, 0.3) is 0 Å². The summed E-state index contributed by atoms with van der Waals surface area (Å²) in [5.41, 5.74) is 0. The number of rotatable bonds is 74. The normalized spacial score (nSPS) is 14.8. The Morgan fingerprint density at radius 1 is 0.269 bits per heavy atom. The number of carbonyl (C=O) groups excluding carboxylic acids is 4. The number of carbonyl (C=O) groups is 4. The molecule has 0 bridgehead atoms. The first-order valence-corrected chi connectivity index (χ1v) is 43.7. The van der Waals surface area contributed by atoms with E-state index in [4.69, 9.17) is 37.0 Å². The Bertz CT molecular complexity index is 2810. The first-order chi connectivity index (χ1) is 52.7. The van der Waals surface area contributed by atoms with Gasteiger partial charge >= 0.3 is 39.5 Å². The van der Waals surface area contributed by atoms with Gasteiger partial charge in [-0.1, -0.05) is 286 Å². The average molecular weight is 1550 g/mol. The van der Waals surface area contributed by atoms with E-state index < -0.39 is 97.5 Å². The van der Waals surface area contributed by atoms with Crippen molar-refractivity contribution in [2.24, 2.45) is 0 Å². The molecular weight excluding hydrogens is 1400 g/mol. The number of ether oxygens (including phenoxy) is 4. The Hall–Kier alpha value is -6.10. The number of esters is 4. The summed E-state index contributed by atoms with van der Waals surface area (Å²) in [6.07, 6.45) is 97.0. The van der Waals surface area contributed by atoms with Crippen LogP contribution < -0.4 is 0 Å². The smallest absolute Gasteiger partial charge is 0.462 e. The van der Waals surface area contributed by atoms with Crippen molar-refractivity contribution in [3.63, 3.8) is 0 Å². The van der Waals surface area contributed by atoms with Crippen LogP contribution in [0.1, 0.15) is 285 Å². The zero-order valence-electron chi connectivity index (χ0n) is 66.7. The molecule has 0 saturated carbocycles. The Morgan fingerprint density at radius 3 is 0.796 bits per heavy atom. The van der Waals surface area contributed by atoms with E-state index in [1.165, 1.54) is 0 Å². The molecule has 0 heterocycles. The molecule has 17 nitrogen and oxygen atoms in total. The quantitative estimate of drug-likeness (QED) is 0.0169. The fourth-order valence-electron chi connectivity index (χ4n) is 9.97. The van der Waals surface area contributed by atoms with E-state index in [1.807, 2.05) is 18.2 Å². The van der Waals surface area contributed by atoms with Crippen molar-refractivity contribution in [1.29, 1.82) is 0 Å². The maximum atomic E-state index is 13.1. The maximum absolute atomic E-state index is 13.1. The van der Waals surface area contributed by atoms with Crippen LogP contribution in [0.5, 0.6) is 0 Å². The van der Waals surface area contributed by atoms with Crippen molar-refractivity contribution in [2.75, 3.05) is 39.6 Å². The summed E-state index contributed by atoms with van der Waals surface area (Å²) in [6, 6.07) is 0. The van der Waals surface area contributed by atoms with Crippen molar-refractivity contribution >= 4 is 39.5 Å². The fraction of sp³-hybridized carbons (Fsp3) is 0.596. The molecule has 0 aliphatic carbocycles. The van der Waals surface area contributed by atoms with Crippen LogP contribution in [-0.4, -0.2) is 96.7 Å². The highest BCUT2D eigenvalue weighted by molar-refractivity contribution is 7.47. The van der Waals surface area contributed by atoms with Crippen LogP contribution in [0, 0.1) is 0 Å². The van der Waals surface area contributed by atoms with E-state index in [0.29, 0.717) is 32.1 Å². The van der Waals surface area contributed by atoms with Gasteiger partial charge in [0, 0.05) is 25.7 Å². The second-order valence-electron chi connectivity index (χ2n) is 26.2. The maximum Gasteiger partial charge on any atom is 0.472 e. The molecule has 19 heteroatoms. The first-order valence-electron chi connectivity index (χ1n) is 40.7. The highest BCUT2D eigenvalue weighted by Crippen LogP contribution is 2.45. The number of aliphatic hydroxyl groups excluding tert-OH is 1. The lowest BCUT2D eigenvalue weighted by atomic mass is 10.1. The molecule has 5 unspecified atom stereocenters. The van der Waals surface area contributed by atoms with Gasteiger partial charge in [0.1, 0.15) is 19.3 Å². The van der Waals surface area contributed by atoms with E-state index in [1.54, 1.807) is 0 Å². The van der Waals surface area contributed by atoms with Gasteiger partial charge < -0.3 is 33.8 Å². The average Bonchev–Trinajstić information content (AvgIpc) is 0.916. The van der Waals surface area contributed by atoms with Gasteiger partial charge in [-0.3, -0.25) is 37.3 Å². The third-order valence-corrected chi connectivity index (χ3v) is 17.9. The molecule has 0 radical (unpaired) electrons. The minimum Gasteiger partial charge on any atom is -0.462 e. The number of allylic oxidation sites excluding steroid dienone is 32. The zero-order valence-corrected chi connectivity index (χ0v) is 68.5. The number of phosphoric ester groups is 2. The molecule has 0 aromatic heterocycles. The molecule has 108 heavy (non-hydrogen) atoms. The van der Waals surface area contributed by atoms with Crippen molar-refractivity contribution < 1.29 is 80.2 Å². The van der Waals surface area contributed by atoms with E-state index in [2.05, 4.69) is 204 Å². The lowest BCUT2D eigenvalue weighted by Gasteiger charge is -2.21. The summed E-state index contributed by atoms with van der Waals surface area (Å²) in [6.45, 7) is 4.30. The molecule has 0 aromatic rings. The number of phosphoric acid groups is 2. The van der Waals surface area contributed by atoms with Crippen LogP contribution in [0.15, 0.2) is 194 Å². The largest absolute Gasteiger partial charge is 0.472 e. The SMILES string of the molecule is CC/C=C\C/C=C\C/C=C\C/C=C\C/C=C\C/C=C\CCC(=O)OCC(COP(=O)(O)OCC(O)COP(=O)(O)OCC(COC(=O)CCCCCCCC/C=C\C/C=C\C/C=C\C/C=C\CC)OC(=O)CCCCCC/C=C\C/C=C\C/C=C\C/C=C\CC)OC(=O)CCCCCCC/C=C\C/C=C\CCC. The topological polar surface area (TPSA) is 237 Å². The molecule has 0 aromatic carbocycles. The van der Waals surface area contributed by atoms with Gasteiger partial charge in [-0.05, 0) is 167 Å². The monoisotopic (exact) mass is 1540 g/mol. The number of hydrogen-bond acceptors (Lipinski definition) is 15. The third kappa shape index (κ3) is 78.0. The highest BCUT2D eigenvalue weighted by atomic mass is 31.2. The van der Waals surface area contributed by atoms with Crippen molar-refractivity contribution in [3.8, 4) is 0 Å². The van der Waals surface area contributed by atoms with Crippen LogP contribution in [0.4, 0.5) is 0 Å². The van der Waals surface area contributed by atoms with Crippen LogP contribution >= 0.6 is 15.6 Å². The lowest BCUT2D eigenvalue weighted by molar-refractivity contribution is -0.161. The standard InChI is InChI=1S/C89H142O17P2/c1-5-9-13-17-21-25-29-33-36-39-41-44-46-50-53-57-61-65-69-73-86(91)99-79-84(105-88(93)75-71-67-63-59-55-49-32-28-24-20-16-12-8-4)81-103-107(95,96)101-77-83(90)78-102-108(97,98)104-82-85(106-89(94)76-72-68-64-60-56-52-48-43-38-35-31-27-23-19-15-11-7-3)80-100-87(92)74-70-66-62-58-54-51-47-45-42-40-37-34-30-26-22-18-14-10-6-2/h9-11,13-16,20-23,25-28,32-38,41-42,44-45,48,50,52-53,61,65,83-85,90H,5-8,12,17-19,24,29-31,39-40,43,46-47,49,51,54-60,62-64,66-82H2,1-4H3,(H,95,96)(H,97,98)/b13-9-,14-10-,15-11-,20-16-,25-21-,26-22-,27-23-,32-28-,36-33-,37-34-,38-35-,44-41-,45-42-,52-48-,53-50-,65-61-. The molecule has 3 N–H and O–H groups in total. The Labute approximate surface area is 653 Å². The van der Waals surface area contributed by atoms with E-state index >= 15 is 0 Å². The molecule has 0 fully saturated rings. The molecule has 0 aliphatic heterocycles. The molecule has 610 valence electrons. The van der Waals surface area contributed by atoms with Gasteiger partial charge in [-0.25, -0.2) is 9.13 Å². The second kappa shape index (κ2) is 79.0. The molecule has 5 atom stereocenters. The first kappa shape index (κ1) is 102. The predicted octanol–water partition coefficient (Wildman–Crippen LogP) is 24.1.